The number of carbonyl (C=O) groups is 2. The molecule has 0 bridgehead atoms. The van der Waals surface area contributed by atoms with Crippen molar-refractivity contribution < 1.29 is 9.59 Å². The molecule has 0 saturated heterocycles. The van der Waals surface area contributed by atoms with E-state index in [9.17, 15) is 9.59 Å². The van der Waals surface area contributed by atoms with E-state index in [4.69, 9.17) is 0 Å². The number of thioether (sulfide) groups is 1. The number of ketones is 1. The molecule has 0 atom stereocenters. The average Bonchev–Trinajstić information content (AvgIpc) is 2.99. The Morgan fingerprint density at radius 1 is 1.13 bits per heavy atom. The molecule has 3 nitrogen and oxygen atoms in total. The molecule has 0 aliphatic heterocycles. The second-order valence-corrected chi connectivity index (χ2v) is 5.51. The van der Waals surface area contributed by atoms with Gasteiger partial charge in [0.1, 0.15) is 5.78 Å². The first-order valence-corrected chi connectivity index (χ1v) is 6.78. The summed E-state index contributed by atoms with van der Waals surface area (Å²) in [7, 11) is 0. The summed E-state index contributed by atoms with van der Waals surface area (Å²) >= 11 is 1.45. The molecule has 0 radical (unpaired) electrons. The van der Waals surface area contributed by atoms with Crippen LogP contribution in [0.2, 0.25) is 0 Å². The lowest BCUT2D eigenvalue weighted by atomic mass is 10.2. The Kier molecular flexibility index (Phi) is 3.67. The highest BCUT2D eigenvalue weighted by atomic mass is 32.2. The Morgan fingerprint density at radius 2 is 1.87 bits per heavy atom. The molecule has 0 aromatic rings. The van der Waals surface area contributed by atoms with Gasteiger partial charge in [0.2, 0.25) is 5.91 Å². The van der Waals surface area contributed by atoms with E-state index in [1.807, 2.05) is 0 Å². The zero-order valence-corrected chi connectivity index (χ0v) is 9.65. The Balaban J connectivity index is 1.48. The minimum absolute atomic E-state index is 0.0849. The SMILES string of the molecule is O=C(CSCC(=O)NC1CC1)CC1CC1. The molecular weight excluding hydrogens is 210 g/mol. The highest BCUT2D eigenvalue weighted by Crippen LogP contribution is 2.32. The van der Waals surface area contributed by atoms with Crippen LogP contribution in [-0.2, 0) is 9.59 Å². The molecule has 1 N–H and O–H groups in total. The fourth-order valence-corrected chi connectivity index (χ4v) is 2.17. The van der Waals surface area contributed by atoms with E-state index >= 15 is 0 Å². The molecule has 2 fully saturated rings. The van der Waals surface area contributed by atoms with Gasteiger partial charge >= 0.3 is 0 Å². The number of rotatable bonds is 7. The van der Waals surface area contributed by atoms with Crippen LogP contribution in [0.15, 0.2) is 0 Å². The summed E-state index contributed by atoms with van der Waals surface area (Å²) in [4.78, 5) is 22.6. The summed E-state index contributed by atoms with van der Waals surface area (Å²) in [5.41, 5.74) is 0. The van der Waals surface area contributed by atoms with Crippen LogP contribution < -0.4 is 5.32 Å². The van der Waals surface area contributed by atoms with E-state index in [1.165, 1.54) is 24.6 Å². The van der Waals surface area contributed by atoms with Crippen molar-refractivity contribution in [3.63, 3.8) is 0 Å². The van der Waals surface area contributed by atoms with Gasteiger partial charge in [0.15, 0.2) is 0 Å². The van der Waals surface area contributed by atoms with Gasteiger partial charge in [-0.15, -0.1) is 11.8 Å². The van der Waals surface area contributed by atoms with Gasteiger partial charge in [-0.3, -0.25) is 9.59 Å². The van der Waals surface area contributed by atoms with E-state index < -0.39 is 0 Å². The van der Waals surface area contributed by atoms with Gasteiger partial charge in [-0.1, -0.05) is 0 Å². The van der Waals surface area contributed by atoms with Crippen molar-refractivity contribution in [3.8, 4) is 0 Å². The summed E-state index contributed by atoms with van der Waals surface area (Å²) < 4.78 is 0. The van der Waals surface area contributed by atoms with Crippen molar-refractivity contribution in [1.29, 1.82) is 0 Å². The van der Waals surface area contributed by atoms with E-state index in [0.717, 1.165) is 19.3 Å². The summed E-state index contributed by atoms with van der Waals surface area (Å²) in [6, 6.07) is 0.431. The van der Waals surface area contributed by atoms with E-state index in [0.29, 0.717) is 29.2 Å². The third kappa shape index (κ3) is 4.69. The first-order chi connectivity index (χ1) is 7.24. The normalized spacial score (nSPS) is 20.0. The van der Waals surface area contributed by atoms with Gasteiger partial charge in [0.25, 0.3) is 0 Å². The summed E-state index contributed by atoms with van der Waals surface area (Å²) in [5, 5.41) is 2.91. The van der Waals surface area contributed by atoms with Gasteiger partial charge in [-0.05, 0) is 31.6 Å². The number of Topliss-reactive ketones (excluding diaryl/α,β-unsaturated/α-hetero) is 1. The molecule has 15 heavy (non-hydrogen) atoms. The molecule has 1 amide bonds. The number of amides is 1. The summed E-state index contributed by atoms with van der Waals surface area (Å²) in [6.45, 7) is 0. The lowest BCUT2D eigenvalue weighted by Crippen LogP contribution is -2.27. The number of nitrogens with one attached hydrogen (secondary N) is 1. The van der Waals surface area contributed by atoms with E-state index in [2.05, 4.69) is 5.32 Å². The quantitative estimate of drug-likeness (QED) is 0.714. The zero-order chi connectivity index (χ0) is 10.7. The van der Waals surface area contributed by atoms with E-state index in [1.54, 1.807) is 0 Å². The molecule has 0 spiro atoms. The van der Waals surface area contributed by atoms with Gasteiger partial charge in [0, 0.05) is 12.5 Å². The van der Waals surface area contributed by atoms with Gasteiger partial charge in [0.05, 0.1) is 11.5 Å². The fraction of sp³-hybridized carbons (Fsp3) is 0.818. The van der Waals surface area contributed by atoms with Crippen molar-refractivity contribution in [2.45, 2.75) is 38.1 Å². The molecule has 2 rings (SSSR count). The zero-order valence-electron chi connectivity index (χ0n) is 8.83. The first kappa shape index (κ1) is 11.0. The third-order valence-electron chi connectivity index (χ3n) is 2.65. The first-order valence-electron chi connectivity index (χ1n) is 5.63. The second-order valence-electron chi connectivity index (χ2n) is 4.52. The van der Waals surface area contributed by atoms with Crippen molar-refractivity contribution in [2.75, 3.05) is 11.5 Å². The van der Waals surface area contributed by atoms with Crippen LogP contribution in [0.25, 0.3) is 0 Å². The van der Waals surface area contributed by atoms with Crippen LogP contribution in [0.4, 0.5) is 0 Å². The van der Waals surface area contributed by atoms with Crippen LogP contribution in [0.3, 0.4) is 0 Å². The molecule has 0 heterocycles. The maximum atomic E-state index is 11.4. The third-order valence-corrected chi connectivity index (χ3v) is 3.64. The molecule has 0 aromatic heterocycles. The van der Waals surface area contributed by atoms with Crippen LogP contribution in [0.1, 0.15) is 32.1 Å². The van der Waals surface area contributed by atoms with Crippen LogP contribution in [0, 0.1) is 5.92 Å². The van der Waals surface area contributed by atoms with Gasteiger partial charge in [-0.2, -0.15) is 0 Å². The van der Waals surface area contributed by atoms with Crippen molar-refractivity contribution >= 4 is 23.5 Å². The topological polar surface area (TPSA) is 46.2 Å². The van der Waals surface area contributed by atoms with Crippen LogP contribution in [0.5, 0.6) is 0 Å². The summed E-state index contributed by atoms with van der Waals surface area (Å²) in [5.74, 6) is 2.00. The lowest BCUT2D eigenvalue weighted by molar-refractivity contribution is -0.118. The smallest absolute Gasteiger partial charge is 0.230 e. The predicted octanol–water partition coefficient (Wildman–Crippen LogP) is 1.37. The highest BCUT2D eigenvalue weighted by molar-refractivity contribution is 8.00. The fourth-order valence-electron chi connectivity index (χ4n) is 1.46. The number of hydrogen-bond acceptors (Lipinski definition) is 3. The minimum atomic E-state index is 0.0849. The van der Waals surface area contributed by atoms with Crippen LogP contribution >= 0.6 is 11.8 Å². The molecular formula is C11H17NO2S. The highest BCUT2D eigenvalue weighted by Gasteiger charge is 2.25. The van der Waals surface area contributed by atoms with Crippen molar-refractivity contribution in [1.82, 2.24) is 5.32 Å². The largest absolute Gasteiger partial charge is 0.353 e. The molecule has 4 heteroatoms. The molecule has 84 valence electrons. The number of hydrogen-bond donors (Lipinski definition) is 1. The summed E-state index contributed by atoms with van der Waals surface area (Å²) in [6.07, 6.45) is 5.42. The van der Waals surface area contributed by atoms with Crippen molar-refractivity contribution in [2.24, 2.45) is 5.92 Å². The number of carbonyl (C=O) groups excluding carboxylic acids is 2. The Bertz CT molecular complexity index is 233. The maximum absolute atomic E-state index is 11.4. The Hall–Kier alpha value is -0.510. The second kappa shape index (κ2) is 5.01. The standard InChI is InChI=1S/C11H17NO2S/c13-10(5-8-1-2-8)6-15-7-11(14)12-9-3-4-9/h8-9H,1-7H2,(H,12,14). The Morgan fingerprint density at radius 3 is 2.47 bits per heavy atom. The van der Waals surface area contributed by atoms with E-state index in [-0.39, 0.29) is 5.91 Å². The average molecular weight is 227 g/mol. The molecule has 2 aliphatic carbocycles. The minimum Gasteiger partial charge on any atom is -0.353 e. The molecule has 0 aromatic carbocycles. The monoisotopic (exact) mass is 227 g/mol. The lowest BCUT2D eigenvalue weighted by Gasteiger charge is -2.02. The van der Waals surface area contributed by atoms with Crippen LogP contribution in [-0.4, -0.2) is 29.2 Å². The van der Waals surface area contributed by atoms with Crippen molar-refractivity contribution in [3.05, 3.63) is 0 Å². The molecule has 0 unspecified atom stereocenters. The predicted molar refractivity (Wildman–Crippen MR) is 60.8 cm³/mol. The molecule has 2 saturated carbocycles. The van der Waals surface area contributed by atoms with Gasteiger partial charge < -0.3 is 5.32 Å². The maximum Gasteiger partial charge on any atom is 0.230 e. The molecule has 2 aliphatic rings. The Labute approximate surface area is 94.4 Å². The van der Waals surface area contributed by atoms with Gasteiger partial charge in [-0.25, -0.2) is 0 Å².